The van der Waals surface area contributed by atoms with Crippen LogP contribution in [0.25, 0.3) is 0 Å². The molecule has 1 saturated heterocycles. The van der Waals surface area contributed by atoms with Crippen molar-refractivity contribution in [2.45, 2.75) is 41.5 Å². The van der Waals surface area contributed by atoms with Crippen molar-refractivity contribution in [1.29, 1.82) is 0 Å². The molecule has 6 heteroatoms. The Morgan fingerprint density at radius 2 is 1.79 bits per heavy atom. The second-order valence-corrected chi connectivity index (χ2v) is 9.51. The fourth-order valence-electron chi connectivity index (χ4n) is 4.06. The number of piperidine rings is 1. The molecule has 5 nitrogen and oxygen atoms in total. The first-order chi connectivity index (χ1) is 13.6. The minimum atomic E-state index is -3.53. The fraction of sp³-hybridized carbons (Fsp3) is 0.455. The lowest BCUT2D eigenvalue weighted by Crippen LogP contribution is -2.37. The van der Waals surface area contributed by atoms with E-state index in [4.69, 9.17) is 4.74 Å². The summed E-state index contributed by atoms with van der Waals surface area (Å²) in [6.45, 7) is 5.00. The van der Waals surface area contributed by atoms with Crippen LogP contribution in [0.1, 0.15) is 37.3 Å². The topological polar surface area (TPSA) is 58.6 Å². The monoisotopic (exact) mass is 400 g/mol. The van der Waals surface area contributed by atoms with E-state index < -0.39 is 9.84 Å². The van der Waals surface area contributed by atoms with Crippen molar-refractivity contribution < 1.29 is 13.2 Å². The van der Waals surface area contributed by atoms with Crippen molar-refractivity contribution in [3.63, 3.8) is 0 Å². The quantitative estimate of drug-likeness (QED) is 0.805. The molecule has 2 aliphatic rings. The molecular weight excluding hydrogens is 372 g/mol. The van der Waals surface area contributed by atoms with Crippen LogP contribution in [0.2, 0.25) is 0 Å². The van der Waals surface area contributed by atoms with Crippen LogP contribution < -0.4 is 10.1 Å². The number of benzene rings is 2. The first-order valence-corrected chi connectivity index (χ1v) is 11.7. The second kappa shape index (κ2) is 8.64. The number of hydrogen-bond donors (Lipinski definition) is 1. The maximum absolute atomic E-state index is 12.9. The van der Waals surface area contributed by atoms with E-state index in [0.29, 0.717) is 17.3 Å². The van der Waals surface area contributed by atoms with Gasteiger partial charge < -0.3 is 15.0 Å². The molecule has 2 aromatic rings. The van der Waals surface area contributed by atoms with Crippen molar-refractivity contribution in [3.05, 3.63) is 54.1 Å². The maximum Gasteiger partial charge on any atom is 0.206 e. The summed E-state index contributed by atoms with van der Waals surface area (Å²) in [4.78, 5) is 3.11. The highest BCUT2D eigenvalue weighted by Crippen LogP contribution is 2.35. The van der Waals surface area contributed by atoms with Crippen molar-refractivity contribution in [2.24, 2.45) is 0 Å². The minimum Gasteiger partial charge on any atom is -0.493 e. The van der Waals surface area contributed by atoms with Crippen LogP contribution in [0.15, 0.2) is 58.3 Å². The van der Waals surface area contributed by atoms with Gasteiger partial charge in [-0.25, -0.2) is 8.42 Å². The summed E-state index contributed by atoms with van der Waals surface area (Å²) >= 11 is 0. The largest absolute Gasteiger partial charge is 0.493 e. The average molecular weight is 401 g/mol. The highest BCUT2D eigenvalue weighted by atomic mass is 32.2. The molecular formula is C22H28N2O3S. The summed E-state index contributed by atoms with van der Waals surface area (Å²) in [6.07, 6.45) is 4.86. The molecule has 2 aliphatic heterocycles. The van der Waals surface area contributed by atoms with Crippen molar-refractivity contribution in [3.8, 4) is 5.75 Å². The lowest BCUT2D eigenvalue weighted by atomic mass is 10.0. The van der Waals surface area contributed by atoms with E-state index in [1.54, 1.807) is 36.4 Å². The molecule has 0 saturated carbocycles. The number of nitrogens with one attached hydrogen (secondary N) is 1. The molecule has 1 atom stereocenters. The molecule has 2 heterocycles. The molecule has 28 heavy (non-hydrogen) atoms. The van der Waals surface area contributed by atoms with Crippen LogP contribution in [0.5, 0.6) is 5.75 Å². The van der Waals surface area contributed by atoms with E-state index in [1.807, 2.05) is 12.1 Å². The van der Waals surface area contributed by atoms with Gasteiger partial charge in [0.1, 0.15) is 5.75 Å². The molecule has 0 radical (unpaired) electrons. The van der Waals surface area contributed by atoms with Crippen molar-refractivity contribution in [1.82, 2.24) is 10.2 Å². The van der Waals surface area contributed by atoms with E-state index in [2.05, 4.69) is 10.2 Å². The van der Waals surface area contributed by atoms with Crippen LogP contribution in [0.4, 0.5) is 0 Å². The zero-order valence-electron chi connectivity index (χ0n) is 16.1. The first-order valence-electron chi connectivity index (χ1n) is 10.2. The van der Waals surface area contributed by atoms with Gasteiger partial charge in [-0.05, 0) is 50.2 Å². The summed E-state index contributed by atoms with van der Waals surface area (Å²) in [5, 5.41) is 3.64. The van der Waals surface area contributed by atoms with E-state index in [-0.39, 0.29) is 10.9 Å². The van der Waals surface area contributed by atoms with Crippen LogP contribution in [-0.2, 0) is 9.84 Å². The number of sulfone groups is 1. The fourth-order valence-corrected chi connectivity index (χ4v) is 5.36. The first kappa shape index (κ1) is 19.4. The Balaban J connectivity index is 1.46. The number of fused-ring (bicyclic) bond motifs is 1. The van der Waals surface area contributed by atoms with Crippen molar-refractivity contribution >= 4 is 9.84 Å². The third-order valence-electron chi connectivity index (χ3n) is 5.66. The van der Waals surface area contributed by atoms with Gasteiger partial charge in [0.25, 0.3) is 0 Å². The van der Waals surface area contributed by atoms with Gasteiger partial charge in [0.2, 0.25) is 9.84 Å². The van der Waals surface area contributed by atoms with Crippen LogP contribution in [0.3, 0.4) is 0 Å². The molecule has 0 bridgehead atoms. The van der Waals surface area contributed by atoms with Crippen LogP contribution >= 0.6 is 0 Å². The molecule has 1 unspecified atom stereocenters. The molecule has 1 N–H and O–H groups in total. The highest BCUT2D eigenvalue weighted by molar-refractivity contribution is 7.91. The Labute approximate surface area is 167 Å². The molecule has 150 valence electrons. The molecule has 0 spiro atoms. The van der Waals surface area contributed by atoms with E-state index in [9.17, 15) is 8.42 Å². The van der Waals surface area contributed by atoms with Gasteiger partial charge in [-0.2, -0.15) is 0 Å². The summed E-state index contributed by atoms with van der Waals surface area (Å²) in [7, 11) is -3.53. The summed E-state index contributed by atoms with van der Waals surface area (Å²) in [6, 6.07) is 14.0. The molecule has 2 aromatic carbocycles. The molecule has 0 aromatic heterocycles. The Bertz CT molecular complexity index is 893. The Kier molecular flexibility index (Phi) is 5.99. The van der Waals surface area contributed by atoms with E-state index in [1.165, 1.54) is 32.4 Å². The zero-order valence-corrected chi connectivity index (χ0v) is 17.0. The Morgan fingerprint density at radius 3 is 2.57 bits per heavy atom. The minimum absolute atomic E-state index is 0.210. The zero-order chi connectivity index (χ0) is 19.4. The molecule has 1 fully saturated rings. The lowest BCUT2D eigenvalue weighted by Gasteiger charge is -2.30. The predicted molar refractivity (Wildman–Crippen MR) is 109 cm³/mol. The third-order valence-corrected chi connectivity index (χ3v) is 7.42. The number of hydrogen-bond acceptors (Lipinski definition) is 5. The van der Waals surface area contributed by atoms with Gasteiger partial charge in [0.05, 0.1) is 16.4 Å². The Morgan fingerprint density at radius 1 is 1.00 bits per heavy atom. The number of rotatable bonds is 6. The summed E-state index contributed by atoms with van der Waals surface area (Å²) < 4.78 is 31.5. The van der Waals surface area contributed by atoms with Crippen molar-refractivity contribution in [2.75, 3.05) is 32.8 Å². The van der Waals surface area contributed by atoms with Crippen LogP contribution in [-0.4, -0.2) is 46.1 Å². The normalized spacial score (nSPS) is 20.4. The van der Waals surface area contributed by atoms with Gasteiger partial charge in [-0.3, -0.25) is 0 Å². The van der Waals surface area contributed by atoms with E-state index in [0.717, 1.165) is 25.1 Å². The van der Waals surface area contributed by atoms with Gasteiger partial charge in [0.15, 0.2) is 0 Å². The maximum atomic E-state index is 12.9. The van der Waals surface area contributed by atoms with Crippen LogP contribution in [0, 0.1) is 0 Å². The summed E-state index contributed by atoms with van der Waals surface area (Å²) in [5.41, 5.74) is 1.05. The molecule has 0 amide bonds. The predicted octanol–water partition coefficient (Wildman–Crippen LogP) is 3.42. The number of nitrogens with zero attached hydrogens (tertiary/aromatic N) is 1. The molecule has 0 aliphatic carbocycles. The Hall–Kier alpha value is -1.89. The standard InChI is InChI=1S/C22H28N2O3S/c25-28(26,18-7-3-1-4-8-18)19-9-10-20-21(11-16-27-22(20)17-19)23-12-15-24-13-5-2-6-14-24/h1,3-4,7-10,17,21,23H,2,5-6,11-16H2. The summed E-state index contributed by atoms with van der Waals surface area (Å²) in [5.74, 6) is 0.679. The van der Waals surface area contributed by atoms with Gasteiger partial charge in [-0.1, -0.05) is 30.7 Å². The third kappa shape index (κ3) is 4.24. The van der Waals surface area contributed by atoms with Gasteiger partial charge in [0, 0.05) is 31.1 Å². The SMILES string of the molecule is O=S(=O)(c1ccccc1)c1ccc2c(c1)OCCC2NCCN1CCCCC1. The highest BCUT2D eigenvalue weighted by Gasteiger charge is 2.25. The number of likely N-dealkylation sites (tertiary alicyclic amines) is 1. The second-order valence-electron chi connectivity index (χ2n) is 7.56. The smallest absolute Gasteiger partial charge is 0.206 e. The van der Waals surface area contributed by atoms with Gasteiger partial charge >= 0.3 is 0 Å². The number of ether oxygens (including phenoxy) is 1. The average Bonchev–Trinajstić information content (AvgIpc) is 2.75. The van der Waals surface area contributed by atoms with Gasteiger partial charge in [-0.15, -0.1) is 0 Å². The lowest BCUT2D eigenvalue weighted by molar-refractivity contribution is 0.215. The molecule has 4 rings (SSSR count). The van der Waals surface area contributed by atoms with E-state index >= 15 is 0 Å².